The van der Waals surface area contributed by atoms with Gasteiger partial charge in [-0.15, -0.1) is 0 Å². The molecule has 3 heteroatoms. The molecule has 0 aromatic heterocycles. The monoisotopic (exact) mass is 418 g/mol. The zero-order valence-electron chi connectivity index (χ0n) is 20.0. The lowest BCUT2D eigenvalue weighted by Gasteiger charge is -2.59. The number of aliphatic hydroxyl groups is 3. The minimum atomic E-state index is -0.546. The van der Waals surface area contributed by atoms with Gasteiger partial charge in [0, 0.05) is 11.8 Å². The van der Waals surface area contributed by atoms with Crippen LogP contribution in [0, 0.1) is 40.4 Å². The van der Waals surface area contributed by atoms with Crippen LogP contribution in [0.15, 0.2) is 11.6 Å². The van der Waals surface area contributed by atoms with Gasteiger partial charge in [0.1, 0.15) is 0 Å². The third kappa shape index (κ3) is 3.71. The van der Waals surface area contributed by atoms with Crippen LogP contribution in [0.1, 0.15) is 98.8 Å². The van der Waals surface area contributed by atoms with Crippen molar-refractivity contribution in [2.75, 3.05) is 0 Å². The van der Waals surface area contributed by atoms with Gasteiger partial charge in [-0.25, -0.2) is 0 Å². The summed E-state index contributed by atoms with van der Waals surface area (Å²) in [4.78, 5) is 0. The van der Waals surface area contributed by atoms with E-state index in [0.717, 1.165) is 43.4 Å². The van der Waals surface area contributed by atoms with E-state index in [1.54, 1.807) is 0 Å². The van der Waals surface area contributed by atoms with Crippen LogP contribution in [0.25, 0.3) is 0 Å². The highest BCUT2D eigenvalue weighted by molar-refractivity contribution is 5.27. The Bertz CT molecular complexity index is 664. The van der Waals surface area contributed by atoms with Crippen LogP contribution >= 0.6 is 0 Å². The molecule has 0 bridgehead atoms. The highest BCUT2D eigenvalue weighted by atomic mass is 16.3. The number of hydrogen-bond acceptors (Lipinski definition) is 3. The summed E-state index contributed by atoms with van der Waals surface area (Å²) in [5, 5.41) is 31.4. The third-order valence-corrected chi connectivity index (χ3v) is 10.4. The van der Waals surface area contributed by atoms with E-state index < -0.39 is 11.7 Å². The van der Waals surface area contributed by atoms with Gasteiger partial charge in [0.15, 0.2) is 0 Å². The number of aliphatic hydroxyl groups excluding tert-OH is 2. The molecule has 3 N–H and O–H groups in total. The molecule has 4 rings (SSSR count). The van der Waals surface area contributed by atoms with Crippen molar-refractivity contribution in [1.82, 2.24) is 0 Å². The van der Waals surface area contributed by atoms with Crippen LogP contribution in [0.2, 0.25) is 0 Å². The summed E-state index contributed by atoms with van der Waals surface area (Å²) in [6, 6.07) is 0. The molecular formula is C27H46O3. The minimum Gasteiger partial charge on any atom is -0.393 e. The molecule has 0 aromatic carbocycles. The molecule has 30 heavy (non-hydrogen) atoms. The SMILES string of the molecule is CC(CCCC(C)(C)O)[C@H]1CC[C@H]2[C@@H]3CC=C4C[C@@H](O)CC(O)[C@]4(C)[C@H]3CC[C@]12C. The largest absolute Gasteiger partial charge is 0.393 e. The first kappa shape index (κ1) is 22.8. The molecule has 4 aliphatic rings. The molecule has 9 atom stereocenters. The molecule has 3 fully saturated rings. The fourth-order valence-corrected chi connectivity index (χ4v) is 8.73. The lowest BCUT2D eigenvalue weighted by atomic mass is 9.46. The van der Waals surface area contributed by atoms with Crippen LogP contribution in [0.4, 0.5) is 0 Å². The van der Waals surface area contributed by atoms with Crippen molar-refractivity contribution in [2.24, 2.45) is 40.4 Å². The van der Waals surface area contributed by atoms with E-state index in [2.05, 4.69) is 26.8 Å². The Morgan fingerprint density at radius 3 is 2.57 bits per heavy atom. The van der Waals surface area contributed by atoms with Crippen LogP contribution < -0.4 is 0 Å². The normalized spacial score (nSPS) is 47.1. The van der Waals surface area contributed by atoms with Crippen LogP contribution in [-0.2, 0) is 0 Å². The van der Waals surface area contributed by atoms with Crippen molar-refractivity contribution in [3.63, 3.8) is 0 Å². The quantitative estimate of drug-likeness (QED) is 0.519. The van der Waals surface area contributed by atoms with Crippen molar-refractivity contribution in [2.45, 2.75) is 117 Å². The average Bonchev–Trinajstić information content (AvgIpc) is 2.99. The Labute approximate surface area is 184 Å². The van der Waals surface area contributed by atoms with Crippen LogP contribution in [0.5, 0.6) is 0 Å². The molecule has 0 saturated heterocycles. The van der Waals surface area contributed by atoms with Crippen molar-refractivity contribution >= 4 is 0 Å². The van der Waals surface area contributed by atoms with Gasteiger partial charge in [0.2, 0.25) is 0 Å². The van der Waals surface area contributed by atoms with Crippen molar-refractivity contribution in [1.29, 1.82) is 0 Å². The van der Waals surface area contributed by atoms with Gasteiger partial charge in [0.05, 0.1) is 17.8 Å². The Morgan fingerprint density at radius 2 is 1.87 bits per heavy atom. The van der Waals surface area contributed by atoms with Gasteiger partial charge >= 0.3 is 0 Å². The summed E-state index contributed by atoms with van der Waals surface area (Å²) in [5.74, 6) is 3.55. The summed E-state index contributed by atoms with van der Waals surface area (Å²) in [6.07, 6.45) is 12.5. The van der Waals surface area contributed by atoms with Gasteiger partial charge in [-0.05, 0) is 93.8 Å². The van der Waals surface area contributed by atoms with Crippen molar-refractivity contribution < 1.29 is 15.3 Å². The van der Waals surface area contributed by atoms with Crippen LogP contribution in [0.3, 0.4) is 0 Å². The second kappa shape index (κ2) is 7.89. The Balaban J connectivity index is 1.50. The zero-order chi connectivity index (χ0) is 21.9. The highest BCUT2D eigenvalue weighted by Crippen LogP contribution is 2.67. The molecule has 0 amide bonds. The molecule has 0 aliphatic heterocycles. The second-order valence-electron chi connectivity index (χ2n) is 12.6. The number of rotatable bonds is 5. The summed E-state index contributed by atoms with van der Waals surface area (Å²) in [6.45, 7) is 11.2. The molecule has 3 nitrogen and oxygen atoms in total. The van der Waals surface area contributed by atoms with E-state index in [4.69, 9.17) is 0 Å². The van der Waals surface area contributed by atoms with E-state index >= 15 is 0 Å². The summed E-state index contributed by atoms with van der Waals surface area (Å²) >= 11 is 0. The van der Waals surface area contributed by atoms with Crippen molar-refractivity contribution in [3.8, 4) is 0 Å². The Morgan fingerprint density at radius 1 is 1.13 bits per heavy atom. The maximum atomic E-state index is 11.1. The molecule has 0 spiro atoms. The molecule has 2 unspecified atom stereocenters. The van der Waals surface area contributed by atoms with E-state index in [1.165, 1.54) is 37.7 Å². The lowest BCUT2D eigenvalue weighted by molar-refractivity contribution is -0.108. The van der Waals surface area contributed by atoms with Gasteiger partial charge in [-0.3, -0.25) is 0 Å². The summed E-state index contributed by atoms with van der Waals surface area (Å²) in [5.41, 5.74) is 1.10. The predicted octanol–water partition coefficient (Wildman–Crippen LogP) is 5.47. The Kier molecular flexibility index (Phi) is 5.99. The van der Waals surface area contributed by atoms with E-state index in [-0.39, 0.29) is 11.5 Å². The topological polar surface area (TPSA) is 60.7 Å². The third-order valence-electron chi connectivity index (χ3n) is 10.4. The molecule has 0 radical (unpaired) electrons. The first-order valence-corrected chi connectivity index (χ1v) is 12.7. The number of fused-ring (bicyclic) bond motifs is 5. The zero-order valence-corrected chi connectivity index (χ0v) is 20.0. The van der Waals surface area contributed by atoms with E-state index in [0.29, 0.717) is 23.7 Å². The summed E-state index contributed by atoms with van der Waals surface area (Å²) in [7, 11) is 0. The van der Waals surface area contributed by atoms with Gasteiger partial charge < -0.3 is 15.3 Å². The fraction of sp³-hybridized carbons (Fsp3) is 0.926. The minimum absolute atomic E-state index is 0.125. The maximum absolute atomic E-state index is 11.1. The van der Waals surface area contributed by atoms with Crippen LogP contribution in [-0.4, -0.2) is 33.1 Å². The average molecular weight is 419 g/mol. The molecule has 172 valence electrons. The number of allylic oxidation sites excluding steroid dienone is 1. The first-order valence-electron chi connectivity index (χ1n) is 12.7. The lowest BCUT2D eigenvalue weighted by Crippen LogP contribution is -2.55. The second-order valence-corrected chi connectivity index (χ2v) is 12.6. The smallest absolute Gasteiger partial charge is 0.0658 e. The number of hydrogen-bond donors (Lipinski definition) is 3. The predicted molar refractivity (Wildman–Crippen MR) is 122 cm³/mol. The molecule has 0 aromatic rings. The van der Waals surface area contributed by atoms with Gasteiger partial charge in [-0.1, -0.05) is 45.3 Å². The summed E-state index contributed by atoms with van der Waals surface area (Å²) < 4.78 is 0. The van der Waals surface area contributed by atoms with E-state index in [1.807, 2.05) is 13.8 Å². The van der Waals surface area contributed by atoms with Crippen molar-refractivity contribution in [3.05, 3.63) is 11.6 Å². The first-order chi connectivity index (χ1) is 14.0. The highest BCUT2D eigenvalue weighted by Gasteiger charge is 2.60. The van der Waals surface area contributed by atoms with Gasteiger partial charge in [-0.2, -0.15) is 0 Å². The molecule has 0 heterocycles. The molecule has 4 aliphatic carbocycles. The van der Waals surface area contributed by atoms with E-state index in [9.17, 15) is 15.3 Å². The fourth-order valence-electron chi connectivity index (χ4n) is 8.73. The standard InChI is InChI=1S/C27H46O3/c1-17(7-6-13-25(2,3)30)21-10-11-22-20-9-8-18-15-19(28)16-24(29)27(18,5)23(20)12-14-26(21,22)4/h8,17,19-24,28-30H,6-7,9-16H2,1-5H3/t17?,19-,20+,21-,22+,23+,24?,26-,27+/m1/s1. The maximum Gasteiger partial charge on any atom is 0.0658 e. The Hall–Kier alpha value is -0.380. The van der Waals surface area contributed by atoms with Gasteiger partial charge in [0.25, 0.3) is 0 Å². The molecular weight excluding hydrogens is 372 g/mol. The molecule has 3 saturated carbocycles.